The molecule has 0 radical (unpaired) electrons. The molecule has 0 aliphatic carbocycles. The lowest BCUT2D eigenvalue weighted by molar-refractivity contribution is -0.123. The summed E-state index contributed by atoms with van der Waals surface area (Å²) in [5, 5.41) is 11.9. The van der Waals surface area contributed by atoms with Crippen LogP contribution in [0.5, 0.6) is 23.0 Å². The topological polar surface area (TPSA) is 103 Å². The molecule has 0 aliphatic rings. The zero-order valence-corrected chi connectivity index (χ0v) is 15.3. The van der Waals surface area contributed by atoms with E-state index >= 15 is 0 Å². The number of carbonyl (C=O) groups is 2. The molecule has 2 aromatic carbocycles. The second-order valence-corrected chi connectivity index (χ2v) is 5.42. The number of carbonyl (C=O) groups excluding carboxylic acids is 1. The highest BCUT2D eigenvalue weighted by Crippen LogP contribution is 2.27. The fraction of sp³-hybridized carbons (Fsp3) is 0.263. The third-order valence-electron chi connectivity index (χ3n) is 3.72. The lowest BCUT2D eigenvalue weighted by Crippen LogP contribution is -2.28. The average Bonchev–Trinajstić information content (AvgIpc) is 2.69. The third-order valence-corrected chi connectivity index (χ3v) is 3.72. The summed E-state index contributed by atoms with van der Waals surface area (Å²) in [5.41, 5.74) is 0.761. The van der Waals surface area contributed by atoms with Gasteiger partial charge in [-0.25, -0.2) is 4.79 Å². The maximum absolute atomic E-state index is 12.0. The molecule has 1 amide bonds. The van der Waals surface area contributed by atoms with Crippen LogP contribution in [0.3, 0.4) is 0 Å². The summed E-state index contributed by atoms with van der Waals surface area (Å²) in [5.74, 6) is 0.0873. The number of aromatic carboxylic acids is 1. The molecule has 27 heavy (non-hydrogen) atoms. The molecule has 0 bridgehead atoms. The van der Waals surface area contributed by atoms with Crippen molar-refractivity contribution in [3.05, 3.63) is 47.5 Å². The minimum absolute atomic E-state index is 0.0523. The first kappa shape index (κ1) is 19.9. The first-order valence-electron chi connectivity index (χ1n) is 8.00. The van der Waals surface area contributed by atoms with Crippen molar-refractivity contribution >= 4 is 11.9 Å². The van der Waals surface area contributed by atoms with E-state index in [9.17, 15) is 14.7 Å². The predicted octanol–water partition coefficient (Wildman–Crippen LogP) is 2.11. The van der Waals surface area contributed by atoms with Crippen molar-refractivity contribution in [2.75, 3.05) is 27.9 Å². The van der Waals surface area contributed by atoms with E-state index in [1.54, 1.807) is 25.3 Å². The van der Waals surface area contributed by atoms with E-state index in [2.05, 4.69) is 5.32 Å². The molecule has 2 rings (SSSR count). The third kappa shape index (κ3) is 5.27. The second kappa shape index (κ2) is 9.33. The molecule has 8 nitrogen and oxygen atoms in total. The molecule has 0 unspecified atom stereocenters. The molecule has 0 heterocycles. The SMILES string of the molecule is COc1ccc(C(=O)O)c(OCC(=O)NCc2ccc(OC)c(OC)c2)c1. The Labute approximate surface area is 156 Å². The summed E-state index contributed by atoms with van der Waals surface area (Å²) >= 11 is 0. The largest absolute Gasteiger partial charge is 0.497 e. The number of carboxylic acids is 1. The minimum atomic E-state index is -1.15. The van der Waals surface area contributed by atoms with Gasteiger partial charge in [-0.3, -0.25) is 4.79 Å². The number of rotatable bonds is 9. The van der Waals surface area contributed by atoms with E-state index < -0.39 is 11.9 Å². The summed E-state index contributed by atoms with van der Waals surface area (Å²) in [4.78, 5) is 23.3. The molecule has 2 aromatic rings. The van der Waals surface area contributed by atoms with Gasteiger partial charge in [0.2, 0.25) is 0 Å². The van der Waals surface area contributed by atoms with Gasteiger partial charge in [-0.1, -0.05) is 6.07 Å². The highest BCUT2D eigenvalue weighted by molar-refractivity contribution is 5.91. The lowest BCUT2D eigenvalue weighted by atomic mass is 10.2. The second-order valence-electron chi connectivity index (χ2n) is 5.42. The quantitative estimate of drug-likeness (QED) is 0.692. The molecule has 0 atom stereocenters. The van der Waals surface area contributed by atoms with Gasteiger partial charge in [0.15, 0.2) is 18.1 Å². The number of hydrogen-bond acceptors (Lipinski definition) is 6. The molecule has 0 aromatic heterocycles. The predicted molar refractivity (Wildman–Crippen MR) is 96.8 cm³/mol. The van der Waals surface area contributed by atoms with E-state index in [0.717, 1.165) is 5.56 Å². The van der Waals surface area contributed by atoms with Crippen molar-refractivity contribution in [2.45, 2.75) is 6.54 Å². The summed E-state index contributed by atoms with van der Waals surface area (Å²) in [7, 11) is 4.53. The number of methoxy groups -OCH3 is 3. The Bertz CT molecular complexity index is 820. The van der Waals surface area contributed by atoms with Crippen molar-refractivity contribution in [3.8, 4) is 23.0 Å². The first-order valence-corrected chi connectivity index (χ1v) is 8.00. The number of nitrogens with one attached hydrogen (secondary N) is 1. The van der Waals surface area contributed by atoms with Crippen LogP contribution in [0.4, 0.5) is 0 Å². The molecule has 0 saturated carbocycles. The van der Waals surface area contributed by atoms with Gasteiger partial charge < -0.3 is 29.4 Å². The van der Waals surface area contributed by atoms with E-state index in [1.165, 1.54) is 32.4 Å². The minimum Gasteiger partial charge on any atom is -0.497 e. The fourth-order valence-electron chi connectivity index (χ4n) is 2.31. The van der Waals surface area contributed by atoms with Crippen LogP contribution in [0.15, 0.2) is 36.4 Å². The number of carboxylic acid groups (broad SMARTS) is 1. The molecular formula is C19H21NO7. The van der Waals surface area contributed by atoms with Crippen LogP contribution < -0.4 is 24.3 Å². The fourth-order valence-corrected chi connectivity index (χ4v) is 2.31. The van der Waals surface area contributed by atoms with Gasteiger partial charge in [0.1, 0.15) is 17.1 Å². The van der Waals surface area contributed by atoms with Crippen LogP contribution in [0.1, 0.15) is 15.9 Å². The van der Waals surface area contributed by atoms with Crippen molar-refractivity contribution in [2.24, 2.45) is 0 Å². The normalized spacial score (nSPS) is 10.0. The van der Waals surface area contributed by atoms with Crippen LogP contribution >= 0.6 is 0 Å². The zero-order valence-electron chi connectivity index (χ0n) is 15.3. The highest BCUT2D eigenvalue weighted by Gasteiger charge is 2.14. The van der Waals surface area contributed by atoms with Gasteiger partial charge in [-0.2, -0.15) is 0 Å². The van der Waals surface area contributed by atoms with Crippen LogP contribution in [0, 0.1) is 0 Å². The lowest BCUT2D eigenvalue weighted by Gasteiger charge is -2.12. The van der Waals surface area contributed by atoms with Crippen LogP contribution in [-0.2, 0) is 11.3 Å². The number of benzene rings is 2. The Balaban J connectivity index is 1.96. The van der Waals surface area contributed by atoms with Crippen molar-refractivity contribution in [1.29, 1.82) is 0 Å². The van der Waals surface area contributed by atoms with Gasteiger partial charge in [0.05, 0.1) is 21.3 Å². The molecule has 0 aliphatic heterocycles. The maximum Gasteiger partial charge on any atom is 0.339 e. The van der Waals surface area contributed by atoms with E-state index in [0.29, 0.717) is 17.2 Å². The molecule has 2 N–H and O–H groups in total. The molecule has 0 fully saturated rings. The molecule has 0 spiro atoms. The van der Waals surface area contributed by atoms with Crippen LogP contribution in [-0.4, -0.2) is 44.9 Å². The molecule has 8 heteroatoms. The summed E-state index contributed by atoms with van der Waals surface area (Å²) in [6.45, 7) is -0.0762. The Hall–Kier alpha value is -3.42. The van der Waals surface area contributed by atoms with Gasteiger partial charge in [-0.15, -0.1) is 0 Å². The van der Waals surface area contributed by atoms with Gasteiger partial charge in [0.25, 0.3) is 5.91 Å². The van der Waals surface area contributed by atoms with Gasteiger partial charge >= 0.3 is 5.97 Å². The molecule has 144 valence electrons. The Kier molecular flexibility index (Phi) is 6.87. The van der Waals surface area contributed by atoms with Gasteiger partial charge in [-0.05, 0) is 29.8 Å². The average molecular weight is 375 g/mol. The smallest absolute Gasteiger partial charge is 0.339 e. The van der Waals surface area contributed by atoms with E-state index in [1.807, 2.05) is 0 Å². The summed E-state index contributed by atoms with van der Waals surface area (Å²) in [6, 6.07) is 9.58. The van der Waals surface area contributed by atoms with Crippen LogP contribution in [0.2, 0.25) is 0 Å². The summed E-state index contributed by atoms with van der Waals surface area (Å²) in [6.07, 6.45) is 0. The van der Waals surface area contributed by atoms with E-state index in [4.69, 9.17) is 18.9 Å². The van der Waals surface area contributed by atoms with Crippen molar-refractivity contribution < 1.29 is 33.6 Å². The van der Waals surface area contributed by atoms with Gasteiger partial charge in [0, 0.05) is 12.6 Å². The Morgan fingerprint density at radius 3 is 2.30 bits per heavy atom. The Morgan fingerprint density at radius 1 is 0.926 bits per heavy atom. The first-order chi connectivity index (χ1) is 13.0. The monoisotopic (exact) mass is 375 g/mol. The Morgan fingerprint density at radius 2 is 1.67 bits per heavy atom. The zero-order chi connectivity index (χ0) is 19.8. The van der Waals surface area contributed by atoms with Crippen molar-refractivity contribution in [1.82, 2.24) is 5.32 Å². The summed E-state index contributed by atoms with van der Waals surface area (Å²) < 4.78 is 20.8. The number of ether oxygens (including phenoxy) is 4. The highest BCUT2D eigenvalue weighted by atomic mass is 16.5. The number of hydrogen-bond donors (Lipinski definition) is 2. The van der Waals surface area contributed by atoms with E-state index in [-0.39, 0.29) is 24.5 Å². The van der Waals surface area contributed by atoms with Crippen molar-refractivity contribution in [3.63, 3.8) is 0 Å². The standard InChI is InChI=1S/C19H21NO7/c1-24-13-5-6-14(19(22)23)16(9-13)27-11-18(21)20-10-12-4-7-15(25-2)17(8-12)26-3/h4-9H,10-11H2,1-3H3,(H,20,21)(H,22,23). The van der Waals surface area contributed by atoms with Crippen LogP contribution in [0.25, 0.3) is 0 Å². The maximum atomic E-state index is 12.0. The molecular weight excluding hydrogens is 354 g/mol. The molecule has 0 saturated heterocycles. The number of amides is 1.